The number of carbonyl (C=O) groups excluding carboxylic acids is 1. The quantitative estimate of drug-likeness (QED) is 0.735. The molecule has 0 aliphatic heterocycles. The molecule has 0 radical (unpaired) electrons. The van der Waals surface area contributed by atoms with Crippen molar-refractivity contribution < 1.29 is 4.79 Å². The first kappa shape index (κ1) is 9.44. The number of ketones is 1. The van der Waals surface area contributed by atoms with E-state index in [1.807, 2.05) is 12.4 Å². The highest BCUT2D eigenvalue weighted by Gasteiger charge is 2.26. The van der Waals surface area contributed by atoms with Crippen molar-refractivity contribution in [1.82, 2.24) is 9.55 Å². The molecule has 0 amide bonds. The van der Waals surface area contributed by atoms with Crippen molar-refractivity contribution in [2.24, 2.45) is 0 Å². The van der Waals surface area contributed by atoms with Gasteiger partial charge in [-0.05, 0) is 12.8 Å². The molecule has 0 aromatic carbocycles. The number of hydrogen-bond acceptors (Lipinski definition) is 2. The molecule has 1 fully saturated rings. The Morgan fingerprint density at radius 1 is 1.64 bits per heavy atom. The van der Waals surface area contributed by atoms with Crippen LogP contribution in [0.4, 0.5) is 0 Å². The normalized spacial score (nSPS) is 21.8. The fourth-order valence-electron chi connectivity index (χ4n) is 2.15. The topological polar surface area (TPSA) is 34.9 Å². The Labute approximate surface area is 84.1 Å². The predicted molar refractivity (Wildman–Crippen MR) is 54.1 cm³/mol. The summed E-state index contributed by atoms with van der Waals surface area (Å²) in [5.74, 6) is 1.88. The van der Waals surface area contributed by atoms with Crippen LogP contribution in [0.15, 0.2) is 12.4 Å². The highest BCUT2D eigenvalue weighted by molar-refractivity contribution is 5.81. The molecule has 0 bridgehead atoms. The molecular weight excluding hydrogens is 176 g/mol. The predicted octanol–water partition coefficient (Wildman–Crippen LogP) is 2.13. The van der Waals surface area contributed by atoms with Gasteiger partial charge in [0.2, 0.25) is 0 Å². The molecule has 3 nitrogen and oxygen atoms in total. The third-order valence-electron chi connectivity index (χ3n) is 2.82. The van der Waals surface area contributed by atoms with E-state index in [0.717, 1.165) is 31.6 Å². The van der Waals surface area contributed by atoms with Gasteiger partial charge in [-0.1, -0.05) is 6.92 Å². The second-order valence-electron chi connectivity index (χ2n) is 3.96. The van der Waals surface area contributed by atoms with Gasteiger partial charge in [-0.25, -0.2) is 4.98 Å². The van der Waals surface area contributed by atoms with Gasteiger partial charge in [-0.2, -0.15) is 0 Å². The van der Waals surface area contributed by atoms with Gasteiger partial charge in [0.15, 0.2) is 0 Å². The zero-order valence-corrected chi connectivity index (χ0v) is 8.57. The summed E-state index contributed by atoms with van der Waals surface area (Å²) in [6.45, 7) is 3.17. The minimum atomic E-state index is 0.379. The number of hydrogen-bond donors (Lipinski definition) is 0. The van der Waals surface area contributed by atoms with Crippen LogP contribution >= 0.6 is 0 Å². The Balaban J connectivity index is 2.14. The third-order valence-corrected chi connectivity index (χ3v) is 2.82. The van der Waals surface area contributed by atoms with Crippen molar-refractivity contribution in [2.45, 2.75) is 45.1 Å². The van der Waals surface area contributed by atoms with E-state index in [0.29, 0.717) is 18.1 Å². The first-order chi connectivity index (χ1) is 6.81. The smallest absolute Gasteiger partial charge is 0.133 e. The summed E-state index contributed by atoms with van der Waals surface area (Å²) in [6, 6.07) is 0. The molecule has 1 saturated carbocycles. The Morgan fingerprint density at radius 2 is 2.50 bits per heavy atom. The maximum atomic E-state index is 11.2. The number of imidazole rings is 1. The number of carbonyl (C=O) groups is 1. The molecule has 14 heavy (non-hydrogen) atoms. The molecule has 0 N–H and O–H groups in total. The molecule has 2 rings (SSSR count). The molecule has 0 spiro atoms. The molecule has 1 atom stereocenters. The highest BCUT2D eigenvalue weighted by Crippen LogP contribution is 2.30. The molecule has 1 aliphatic rings. The van der Waals surface area contributed by atoms with Crippen molar-refractivity contribution in [3.05, 3.63) is 18.2 Å². The fourth-order valence-corrected chi connectivity index (χ4v) is 2.15. The largest absolute Gasteiger partial charge is 0.335 e. The summed E-state index contributed by atoms with van der Waals surface area (Å²) in [5, 5.41) is 0. The van der Waals surface area contributed by atoms with Gasteiger partial charge in [0.05, 0.1) is 0 Å². The van der Waals surface area contributed by atoms with Crippen LogP contribution < -0.4 is 0 Å². The number of nitrogens with zero attached hydrogens (tertiary/aromatic N) is 2. The minimum Gasteiger partial charge on any atom is -0.335 e. The van der Waals surface area contributed by atoms with Crippen molar-refractivity contribution >= 4 is 5.78 Å². The third kappa shape index (κ3) is 1.72. The second kappa shape index (κ2) is 3.95. The highest BCUT2D eigenvalue weighted by atomic mass is 16.1. The van der Waals surface area contributed by atoms with Crippen LogP contribution in [0.1, 0.15) is 44.3 Å². The van der Waals surface area contributed by atoms with Crippen LogP contribution in [0.5, 0.6) is 0 Å². The zero-order valence-electron chi connectivity index (χ0n) is 8.57. The van der Waals surface area contributed by atoms with E-state index in [-0.39, 0.29) is 0 Å². The summed E-state index contributed by atoms with van der Waals surface area (Å²) in [5.41, 5.74) is 0. The average molecular weight is 192 g/mol. The fraction of sp³-hybridized carbons (Fsp3) is 0.636. The molecule has 1 heterocycles. The van der Waals surface area contributed by atoms with E-state index in [1.54, 1.807) is 0 Å². The second-order valence-corrected chi connectivity index (χ2v) is 3.96. The molecule has 3 heteroatoms. The molecule has 1 unspecified atom stereocenters. The van der Waals surface area contributed by atoms with E-state index in [4.69, 9.17) is 0 Å². The van der Waals surface area contributed by atoms with E-state index >= 15 is 0 Å². The Hall–Kier alpha value is -1.12. The molecule has 0 saturated heterocycles. The number of rotatable bonds is 3. The van der Waals surface area contributed by atoms with Crippen molar-refractivity contribution in [3.8, 4) is 0 Å². The van der Waals surface area contributed by atoms with E-state index < -0.39 is 0 Å². The maximum absolute atomic E-state index is 11.2. The standard InChI is InChI=1S/C11H16N2O/c1-2-6-13-7-5-12-11(13)9-3-4-10(14)8-9/h5,7,9H,2-4,6,8H2,1H3. The van der Waals surface area contributed by atoms with Gasteiger partial charge < -0.3 is 4.57 Å². The van der Waals surface area contributed by atoms with Gasteiger partial charge in [0, 0.05) is 37.7 Å². The summed E-state index contributed by atoms with van der Waals surface area (Å²) < 4.78 is 2.18. The molecule has 76 valence electrons. The van der Waals surface area contributed by atoms with Gasteiger partial charge in [0.25, 0.3) is 0 Å². The SMILES string of the molecule is CCCn1ccnc1C1CCC(=O)C1. The summed E-state index contributed by atoms with van der Waals surface area (Å²) in [7, 11) is 0. The van der Waals surface area contributed by atoms with E-state index in [1.165, 1.54) is 0 Å². The first-order valence-corrected chi connectivity index (χ1v) is 5.34. The lowest BCUT2D eigenvalue weighted by Gasteiger charge is -2.10. The average Bonchev–Trinajstić information content (AvgIpc) is 2.74. The minimum absolute atomic E-state index is 0.379. The van der Waals surface area contributed by atoms with Crippen LogP contribution in [-0.4, -0.2) is 15.3 Å². The van der Waals surface area contributed by atoms with Gasteiger partial charge in [-0.15, -0.1) is 0 Å². The van der Waals surface area contributed by atoms with Gasteiger partial charge in [0.1, 0.15) is 11.6 Å². The molecule has 1 aliphatic carbocycles. The van der Waals surface area contributed by atoms with Crippen molar-refractivity contribution in [2.75, 3.05) is 0 Å². The van der Waals surface area contributed by atoms with Gasteiger partial charge >= 0.3 is 0 Å². The van der Waals surface area contributed by atoms with Crippen LogP contribution in [0.25, 0.3) is 0 Å². The summed E-state index contributed by atoms with van der Waals surface area (Å²) in [6.07, 6.45) is 7.39. The summed E-state index contributed by atoms with van der Waals surface area (Å²) >= 11 is 0. The number of Topliss-reactive ketones (excluding diaryl/α,β-unsaturated/α-hetero) is 1. The Morgan fingerprint density at radius 3 is 3.14 bits per heavy atom. The molecule has 1 aromatic heterocycles. The van der Waals surface area contributed by atoms with Crippen LogP contribution in [0.2, 0.25) is 0 Å². The van der Waals surface area contributed by atoms with Crippen molar-refractivity contribution in [1.29, 1.82) is 0 Å². The van der Waals surface area contributed by atoms with Crippen LogP contribution in [0.3, 0.4) is 0 Å². The molecular formula is C11H16N2O. The number of aryl methyl sites for hydroxylation is 1. The monoisotopic (exact) mass is 192 g/mol. The lowest BCUT2D eigenvalue weighted by atomic mass is 10.1. The lowest BCUT2D eigenvalue weighted by molar-refractivity contribution is -0.117. The van der Waals surface area contributed by atoms with E-state index in [9.17, 15) is 4.79 Å². The van der Waals surface area contributed by atoms with Gasteiger partial charge in [-0.3, -0.25) is 4.79 Å². The lowest BCUT2D eigenvalue weighted by Crippen LogP contribution is -2.06. The van der Waals surface area contributed by atoms with Crippen LogP contribution in [-0.2, 0) is 11.3 Å². The van der Waals surface area contributed by atoms with E-state index in [2.05, 4.69) is 16.5 Å². The maximum Gasteiger partial charge on any atom is 0.133 e. The Kier molecular flexibility index (Phi) is 2.66. The number of aromatic nitrogens is 2. The summed E-state index contributed by atoms with van der Waals surface area (Å²) in [4.78, 5) is 15.5. The molecule has 1 aromatic rings. The van der Waals surface area contributed by atoms with Crippen molar-refractivity contribution in [3.63, 3.8) is 0 Å². The zero-order chi connectivity index (χ0) is 9.97. The Bertz CT molecular complexity index is 330. The van der Waals surface area contributed by atoms with Crippen LogP contribution in [0, 0.1) is 0 Å². The first-order valence-electron chi connectivity index (χ1n) is 5.34.